The molecular formula is C16H19ClN4O2. The monoisotopic (exact) mass is 334 g/mol. The van der Waals surface area contributed by atoms with Gasteiger partial charge in [-0.2, -0.15) is 0 Å². The molecule has 0 radical (unpaired) electrons. The molecule has 1 atom stereocenters. The van der Waals surface area contributed by atoms with E-state index in [9.17, 15) is 9.59 Å². The van der Waals surface area contributed by atoms with Crippen molar-refractivity contribution < 1.29 is 9.59 Å². The minimum Gasteiger partial charge on any atom is -0.368 e. The summed E-state index contributed by atoms with van der Waals surface area (Å²) >= 11 is 6.07. The van der Waals surface area contributed by atoms with Crippen LogP contribution in [0.3, 0.4) is 0 Å². The largest absolute Gasteiger partial charge is 0.368 e. The van der Waals surface area contributed by atoms with Crippen LogP contribution in [0.1, 0.15) is 11.3 Å². The zero-order chi connectivity index (χ0) is 16.6. The first kappa shape index (κ1) is 15.8. The van der Waals surface area contributed by atoms with Crippen molar-refractivity contribution in [2.75, 3.05) is 19.6 Å². The number of rotatable bonds is 3. The van der Waals surface area contributed by atoms with Gasteiger partial charge in [-0.25, -0.2) is 0 Å². The van der Waals surface area contributed by atoms with Gasteiger partial charge in [-0.15, -0.1) is 0 Å². The van der Waals surface area contributed by atoms with Crippen LogP contribution in [-0.2, 0) is 16.0 Å². The second kappa shape index (κ2) is 6.22. The molecule has 1 fully saturated rings. The van der Waals surface area contributed by atoms with Crippen molar-refractivity contribution in [2.24, 2.45) is 5.73 Å². The number of nitrogens with two attached hydrogens (primary N) is 1. The van der Waals surface area contributed by atoms with Crippen LogP contribution in [0.15, 0.2) is 18.2 Å². The molecule has 2 heterocycles. The predicted octanol–water partition coefficient (Wildman–Crippen LogP) is 0.958. The van der Waals surface area contributed by atoms with Gasteiger partial charge in [0.2, 0.25) is 11.8 Å². The lowest BCUT2D eigenvalue weighted by Gasteiger charge is -2.34. The summed E-state index contributed by atoms with van der Waals surface area (Å²) in [5.74, 6) is -0.580. The number of nitrogens with one attached hydrogen (secondary N) is 2. The summed E-state index contributed by atoms with van der Waals surface area (Å²) in [6.07, 6.45) is 0.218. The quantitative estimate of drug-likeness (QED) is 0.780. The van der Waals surface area contributed by atoms with Crippen LogP contribution in [0.25, 0.3) is 10.9 Å². The zero-order valence-corrected chi connectivity index (χ0v) is 13.6. The molecule has 2 aromatic rings. The highest BCUT2D eigenvalue weighted by molar-refractivity contribution is 6.31. The van der Waals surface area contributed by atoms with E-state index >= 15 is 0 Å². The van der Waals surface area contributed by atoms with Crippen molar-refractivity contribution in [2.45, 2.75) is 19.4 Å². The van der Waals surface area contributed by atoms with Gasteiger partial charge in [0, 0.05) is 41.3 Å². The maximum absolute atomic E-state index is 12.7. The van der Waals surface area contributed by atoms with Crippen LogP contribution in [0, 0.1) is 6.92 Å². The Morgan fingerprint density at radius 2 is 2.22 bits per heavy atom. The molecule has 1 aliphatic heterocycles. The molecule has 6 nitrogen and oxygen atoms in total. The van der Waals surface area contributed by atoms with Crippen molar-refractivity contribution in [1.29, 1.82) is 0 Å². The first-order valence-corrected chi connectivity index (χ1v) is 7.91. The van der Waals surface area contributed by atoms with E-state index in [0.29, 0.717) is 24.7 Å². The molecule has 122 valence electrons. The van der Waals surface area contributed by atoms with Crippen molar-refractivity contribution in [1.82, 2.24) is 15.2 Å². The Hall–Kier alpha value is -2.05. The number of hydrogen-bond donors (Lipinski definition) is 3. The summed E-state index contributed by atoms with van der Waals surface area (Å²) in [6, 6.07) is 4.97. The predicted molar refractivity (Wildman–Crippen MR) is 89.3 cm³/mol. The SMILES string of the molecule is Cc1[nH]c2ccc(Cl)cc2c1CC(=O)N1CCNCC1C(N)=O. The minimum absolute atomic E-state index is 0.0979. The fourth-order valence-electron chi connectivity index (χ4n) is 3.09. The van der Waals surface area contributed by atoms with Gasteiger partial charge < -0.3 is 20.9 Å². The summed E-state index contributed by atoms with van der Waals surface area (Å²) in [6.45, 7) is 3.47. The second-order valence-electron chi connectivity index (χ2n) is 5.80. The maximum Gasteiger partial charge on any atom is 0.241 e. The van der Waals surface area contributed by atoms with Gasteiger partial charge in [0.15, 0.2) is 0 Å². The number of carbonyl (C=O) groups is 2. The van der Waals surface area contributed by atoms with Crippen molar-refractivity contribution in [3.63, 3.8) is 0 Å². The Morgan fingerprint density at radius 3 is 2.96 bits per heavy atom. The normalized spacial score (nSPS) is 18.3. The van der Waals surface area contributed by atoms with Crippen LogP contribution >= 0.6 is 11.6 Å². The molecular weight excluding hydrogens is 316 g/mol. The number of halogens is 1. The number of amides is 2. The van der Waals surface area contributed by atoms with Gasteiger partial charge in [0.05, 0.1) is 6.42 Å². The maximum atomic E-state index is 12.7. The van der Waals surface area contributed by atoms with Crippen LogP contribution in [0.5, 0.6) is 0 Å². The van der Waals surface area contributed by atoms with E-state index in [0.717, 1.165) is 22.2 Å². The Kier molecular flexibility index (Phi) is 4.28. The average molecular weight is 335 g/mol. The van der Waals surface area contributed by atoms with Crippen LogP contribution in [-0.4, -0.2) is 47.4 Å². The summed E-state index contributed by atoms with van der Waals surface area (Å²) in [5.41, 5.74) is 8.20. The fourth-order valence-corrected chi connectivity index (χ4v) is 3.26. The van der Waals surface area contributed by atoms with Gasteiger partial charge in [-0.1, -0.05) is 11.6 Å². The highest BCUT2D eigenvalue weighted by atomic mass is 35.5. The molecule has 3 rings (SSSR count). The van der Waals surface area contributed by atoms with Crippen LogP contribution in [0.4, 0.5) is 0 Å². The first-order valence-electron chi connectivity index (χ1n) is 7.53. The molecule has 23 heavy (non-hydrogen) atoms. The van der Waals surface area contributed by atoms with Gasteiger partial charge in [0.1, 0.15) is 6.04 Å². The first-order chi connectivity index (χ1) is 11.0. The summed E-state index contributed by atoms with van der Waals surface area (Å²) in [4.78, 5) is 29.1. The molecule has 1 aromatic heterocycles. The van der Waals surface area contributed by atoms with Crippen LogP contribution < -0.4 is 11.1 Å². The third-order valence-electron chi connectivity index (χ3n) is 4.30. The van der Waals surface area contributed by atoms with Crippen molar-refractivity contribution >= 4 is 34.3 Å². The number of primary amides is 1. The number of aromatic amines is 1. The number of nitrogens with zero attached hydrogens (tertiary/aromatic N) is 1. The molecule has 1 aliphatic rings. The Balaban J connectivity index is 1.89. The third-order valence-corrected chi connectivity index (χ3v) is 4.54. The standard InChI is InChI=1S/C16H19ClN4O2/c1-9-11(12-6-10(17)2-3-13(12)20-9)7-15(22)21-5-4-19-8-14(21)16(18)23/h2-3,6,14,19-20H,4-5,7-8H2,1H3,(H2,18,23). The molecule has 1 unspecified atom stereocenters. The number of aryl methyl sites for hydroxylation is 1. The number of benzene rings is 1. The van der Waals surface area contributed by atoms with E-state index in [2.05, 4.69) is 10.3 Å². The number of fused-ring (bicyclic) bond motifs is 1. The highest BCUT2D eigenvalue weighted by Gasteiger charge is 2.31. The van der Waals surface area contributed by atoms with Crippen LogP contribution in [0.2, 0.25) is 5.02 Å². The topological polar surface area (TPSA) is 91.2 Å². The lowest BCUT2D eigenvalue weighted by molar-refractivity contribution is -0.139. The van der Waals surface area contributed by atoms with E-state index < -0.39 is 11.9 Å². The number of piperazine rings is 1. The molecule has 0 spiro atoms. The van der Waals surface area contributed by atoms with Gasteiger partial charge in [0.25, 0.3) is 0 Å². The number of carbonyl (C=O) groups excluding carboxylic acids is 2. The van der Waals surface area contributed by atoms with E-state index in [4.69, 9.17) is 17.3 Å². The van der Waals surface area contributed by atoms with Gasteiger partial charge in [-0.3, -0.25) is 9.59 Å². The lowest BCUT2D eigenvalue weighted by atomic mass is 10.1. The molecule has 4 N–H and O–H groups in total. The summed E-state index contributed by atoms with van der Waals surface area (Å²) in [7, 11) is 0. The Morgan fingerprint density at radius 1 is 1.43 bits per heavy atom. The van der Waals surface area contributed by atoms with Gasteiger partial charge >= 0.3 is 0 Å². The van der Waals surface area contributed by atoms with E-state index in [-0.39, 0.29) is 12.3 Å². The van der Waals surface area contributed by atoms with E-state index in [1.54, 1.807) is 4.90 Å². The molecule has 0 aliphatic carbocycles. The second-order valence-corrected chi connectivity index (χ2v) is 6.24. The molecule has 1 saturated heterocycles. The number of aromatic nitrogens is 1. The number of hydrogen-bond acceptors (Lipinski definition) is 3. The summed E-state index contributed by atoms with van der Waals surface area (Å²) < 4.78 is 0. The zero-order valence-electron chi connectivity index (χ0n) is 12.9. The smallest absolute Gasteiger partial charge is 0.241 e. The third kappa shape index (κ3) is 3.04. The lowest BCUT2D eigenvalue weighted by Crippen LogP contribution is -2.59. The Labute approximate surface area is 139 Å². The molecule has 2 amide bonds. The summed E-state index contributed by atoms with van der Waals surface area (Å²) in [5, 5.41) is 4.66. The minimum atomic E-state index is -0.592. The molecule has 1 aromatic carbocycles. The molecule has 0 saturated carbocycles. The Bertz CT molecular complexity index is 771. The van der Waals surface area contributed by atoms with E-state index in [1.807, 2.05) is 25.1 Å². The number of H-pyrrole nitrogens is 1. The fraction of sp³-hybridized carbons (Fsp3) is 0.375. The van der Waals surface area contributed by atoms with Crippen molar-refractivity contribution in [3.05, 3.63) is 34.5 Å². The van der Waals surface area contributed by atoms with Crippen molar-refractivity contribution in [3.8, 4) is 0 Å². The molecule has 7 heteroatoms. The van der Waals surface area contributed by atoms with Gasteiger partial charge in [-0.05, 0) is 30.7 Å². The molecule has 0 bridgehead atoms. The highest BCUT2D eigenvalue weighted by Crippen LogP contribution is 2.26. The van der Waals surface area contributed by atoms with E-state index in [1.165, 1.54) is 0 Å². The average Bonchev–Trinajstić information content (AvgIpc) is 2.83.